The number of amides is 2. The second-order valence-corrected chi connectivity index (χ2v) is 15.1. The molecule has 0 bridgehead atoms. The molecular formula is C31H29N3O11S3. The molecule has 2 amide bonds. The van der Waals surface area contributed by atoms with Crippen LogP contribution in [0.4, 0.5) is 21.9 Å². The summed E-state index contributed by atoms with van der Waals surface area (Å²) in [4.78, 5) is 10.2. The number of hydrogen-bond donors (Lipinski definition) is 6. The predicted octanol–water partition coefficient (Wildman–Crippen LogP) is 3.61. The van der Waals surface area contributed by atoms with Crippen molar-refractivity contribution in [3.63, 3.8) is 0 Å². The Hall–Kier alpha value is -4.78. The van der Waals surface area contributed by atoms with Gasteiger partial charge in [-0.1, -0.05) is 30.8 Å². The fourth-order valence-corrected chi connectivity index (χ4v) is 7.62. The first kappa shape index (κ1) is 34.6. The number of fused-ring (bicyclic) bond motifs is 2. The molecule has 0 spiro atoms. The first-order valence-corrected chi connectivity index (χ1v) is 18.2. The Morgan fingerprint density at radius 2 is 1.33 bits per heavy atom. The molecular weight excluding hydrogens is 687 g/mol. The van der Waals surface area contributed by atoms with Crippen molar-refractivity contribution in [1.29, 1.82) is 0 Å². The topological polar surface area (TPSA) is 225 Å². The fourth-order valence-electron chi connectivity index (χ4n) is 5.61. The fraction of sp³-hybridized carbons (Fsp3) is 0.129. The van der Waals surface area contributed by atoms with Gasteiger partial charge in [-0.15, -0.1) is 0 Å². The van der Waals surface area contributed by atoms with Gasteiger partial charge in [-0.2, -0.15) is 25.3 Å². The maximum atomic E-state index is 12.9. The van der Waals surface area contributed by atoms with Gasteiger partial charge in [-0.05, 0) is 66.9 Å². The molecule has 0 aliphatic carbocycles. The van der Waals surface area contributed by atoms with E-state index in [0.717, 1.165) is 18.2 Å². The Labute approximate surface area is 276 Å². The van der Waals surface area contributed by atoms with E-state index >= 15 is 0 Å². The number of aryl methyl sites for hydroxylation is 2. The quantitative estimate of drug-likeness (QED) is 0.133. The first-order valence-electron chi connectivity index (χ1n) is 13.8. The zero-order chi connectivity index (χ0) is 35.5. The number of carbonyl (C=O) groups is 1. The van der Waals surface area contributed by atoms with Crippen LogP contribution in [0.3, 0.4) is 0 Å². The highest BCUT2D eigenvalue weighted by Crippen LogP contribution is 2.43. The summed E-state index contributed by atoms with van der Waals surface area (Å²) in [5.74, 6) is -0.118. The van der Waals surface area contributed by atoms with E-state index in [1.165, 1.54) is 37.4 Å². The zero-order valence-corrected chi connectivity index (χ0v) is 28.2. The third kappa shape index (κ3) is 6.38. The smallest absolute Gasteiger partial charge is 0.318 e. The zero-order valence-electron chi connectivity index (χ0n) is 25.7. The van der Waals surface area contributed by atoms with E-state index in [-0.39, 0.29) is 44.3 Å². The molecule has 5 rings (SSSR count). The molecule has 0 radical (unpaired) electrons. The van der Waals surface area contributed by atoms with Gasteiger partial charge in [-0.25, -0.2) is 4.79 Å². The maximum absolute atomic E-state index is 12.9. The minimum absolute atomic E-state index is 0.0506. The molecule has 0 fully saturated rings. The number of nitrogens with one attached hydrogen (secondary N) is 3. The van der Waals surface area contributed by atoms with Crippen LogP contribution in [0, 0.1) is 20.8 Å². The van der Waals surface area contributed by atoms with Crippen LogP contribution in [0.5, 0.6) is 11.5 Å². The molecule has 0 atom stereocenters. The van der Waals surface area contributed by atoms with Crippen molar-refractivity contribution >= 4 is 65.6 Å². The van der Waals surface area contributed by atoms with E-state index in [1.807, 2.05) is 0 Å². The molecule has 1 heterocycles. The lowest BCUT2D eigenvalue weighted by atomic mass is 9.92. The third-order valence-corrected chi connectivity index (χ3v) is 10.4. The van der Waals surface area contributed by atoms with Crippen LogP contribution in [0.15, 0.2) is 69.3 Å². The van der Waals surface area contributed by atoms with Gasteiger partial charge in [0.25, 0.3) is 30.4 Å². The van der Waals surface area contributed by atoms with Crippen molar-refractivity contribution in [3.8, 4) is 11.5 Å². The van der Waals surface area contributed by atoms with E-state index in [0.29, 0.717) is 28.1 Å². The number of hydrogen-bond acceptors (Lipinski definition) is 9. The van der Waals surface area contributed by atoms with Crippen LogP contribution in [-0.2, 0) is 30.4 Å². The Morgan fingerprint density at radius 1 is 0.729 bits per heavy atom. The lowest BCUT2D eigenvalue weighted by Gasteiger charge is -2.25. The molecule has 14 nitrogen and oxygen atoms in total. The van der Waals surface area contributed by atoms with Crippen LogP contribution >= 0.6 is 0 Å². The van der Waals surface area contributed by atoms with Gasteiger partial charge in [-0.3, -0.25) is 13.7 Å². The SMILES string of the molecule is C=c1cc2c(cc1S(=O)(=O)O)=C(c1ccccc1S(=O)(=O)O)c1cc(S(=O)(=O)O)c(Nc3c(C)cc(C)c(NC(=O)NC)c3C)cc1O2. The lowest BCUT2D eigenvalue weighted by molar-refractivity contribution is 0.254. The average Bonchev–Trinajstić information content (AvgIpc) is 2.97. The molecule has 17 heteroatoms. The van der Waals surface area contributed by atoms with Crippen molar-refractivity contribution in [2.24, 2.45) is 0 Å². The number of anilines is 3. The summed E-state index contributed by atoms with van der Waals surface area (Å²) in [5, 5.41) is 7.94. The van der Waals surface area contributed by atoms with Crippen LogP contribution in [0.2, 0.25) is 0 Å². The highest BCUT2D eigenvalue weighted by Gasteiger charge is 2.30. The predicted molar refractivity (Wildman–Crippen MR) is 177 cm³/mol. The highest BCUT2D eigenvalue weighted by molar-refractivity contribution is 7.86. The lowest BCUT2D eigenvalue weighted by Crippen LogP contribution is -2.25. The molecule has 48 heavy (non-hydrogen) atoms. The molecule has 4 aromatic carbocycles. The summed E-state index contributed by atoms with van der Waals surface area (Å²) in [7, 11) is -13.4. The van der Waals surface area contributed by atoms with Gasteiger partial charge in [0.15, 0.2) is 0 Å². The van der Waals surface area contributed by atoms with Crippen molar-refractivity contribution < 1.29 is 48.4 Å². The van der Waals surface area contributed by atoms with Crippen molar-refractivity contribution in [1.82, 2.24) is 5.32 Å². The van der Waals surface area contributed by atoms with E-state index < -0.39 is 51.1 Å². The van der Waals surface area contributed by atoms with Crippen molar-refractivity contribution in [3.05, 3.63) is 92.9 Å². The van der Waals surface area contributed by atoms with E-state index in [9.17, 15) is 43.7 Å². The Kier molecular flexibility index (Phi) is 8.66. The summed E-state index contributed by atoms with van der Waals surface area (Å²) in [6, 6.07) is 10.8. The average molecular weight is 716 g/mol. The Bertz CT molecular complexity index is 2510. The number of carbonyl (C=O) groups excluding carboxylic acids is 1. The molecule has 0 unspecified atom stereocenters. The van der Waals surface area contributed by atoms with Crippen LogP contribution in [-0.4, -0.2) is 52.0 Å². The van der Waals surface area contributed by atoms with E-state index in [2.05, 4.69) is 22.5 Å². The standard InChI is InChI=1S/C31H29N3O11S3/c1-15-11-23-20(12-26(15)47(39,40)41)28(19-8-6-7-9-25(19)46(36,37)38)21-13-27(48(42,43)44)22(14-24(21)45-23)33-29-16(2)10-17(3)30(18(29)4)34-31(35)32-5/h6-14,33H,1H2,2-5H3,(H2,32,34,35)(H,36,37,38)(H,39,40,41)(H,42,43,44). The molecule has 4 aromatic rings. The summed E-state index contributed by atoms with van der Waals surface area (Å²) >= 11 is 0. The summed E-state index contributed by atoms with van der Waals surface area (Å²) < 4.78 is 112. The van der Waals surface area contributed by atoms with Gasteiger partial charge < -0.3 is 20.7 Å². The second kappa shape index (κ2) is 12.0. The third-order valence-electron chi connectivity index (χ3n) is 7.69. The molecule has 1 aliphatic heterocycles. The number of rotatable bonds is 7. The summed E-state index contributed by atoms with van der Waals surface area (Å²) in [5.41, 5.74) is 2.12. The molecule has 0 aromatic heterocycles. The molecule has 6 N–H and O–H groups in total. The van der Waals surface area contributed by atoms with Gasteiger partial charge in [0.1, 0.15) is 26.2 Å². The van der Waals surface area contributed by atoms with Gasteiger partial charge in [0.2, 0.25) is 0 Å². The number of ether oxygens (including phenoxy) is 1. The monoisotopic (exact) mass is 715 g/mol. The Morgan fingerprint density at radius 3 is 1.94 bits per heavy atom. The highest BCUT2D eigenvalue weighted by atomic mass is 32.2. The number of benzene rings is 4. The van der Waals surface area contributed by atoms with E-state index in [4.69, 9.17) is 4.74 Å². The Balaban J connectivity index is 1.87. The maximum Gasteiger partial charge on any atom is 0.318 e. The van der Waals surface area contributed by atoms with Crippen LogP contribution in [0.25, 0.3) is 12.2 Å². The van der Waals surface area contributed by atoms with Crippen LogP contribution in [0.1, 0.15) is 27.8 Å². The van der Waals surface area contributed by atoms with Crippen molar-refractivity contribution in [2.75, 3.05) is 17.7 Å². The summed E-state index contributed by atoms with van der Waals surface area (Å²) in [6.07, 6.45) is 0. The van der Waals surface area contributed by atoms with Gasteiger partial charge >= 0.3 is 6.03 Å². The molecule has 0 saturated heterocycles. The van der Waals surface area contributed by atoms with Gasteiger partial charge in [0, 0.05) is 40.7 Å². The molecule has 0 saturated carbocycles. The summed E-state index contributed by atoms with van der Waals surface area (Å²) in [6.45, 7) is 8.86. The van der Waals surface area contributed by atoms with Crippen molar-refractivity contribution in [2.45, 2.75) is 35.5 Å². The number of urea groups is 1. The minimum atomic E-state index is -5.04. The molecule has 252 valence electrons. The normalized spacial score (nSPS) is 12.9. The van der Waals surface area contributed by atoms with Gasteiger partial charge in [0.05, 0.1) is 11.4 Å². The minimum Gasteiger partial charge on any atom is -0.456 e. The molecule has 1 aliphatic rings. The van der Waals surface area contributed by atoms with Crippen LogP contribution < -0.4 is 31.1 Å². The van der Waals surface area contributed by atoms with E-state index in [1.54, 1.807) is 26.8 Å². The largest absolute Gasteiger partial charge is 0.456 e. The first-order chi connectivity index (χ1) is 22.2. The second-order valence-electron chi connectivity index (χ2n) is 10.9.